The summed E-state index contributed by atoms with van der Waals surface area (Å²) in [6.45, 7) is 5.46. The van der Waals surface area contributed by atoms with Crippen LogP contribution in [0.4, 0.5) is 0 Å². The summed E-state index contributed by atoms with van der Waals surface area (Å²) in [6.07, 6.45) is 1.80. The molecule has 1 aromatic rings. The number of likely N-dealkylation sites (tertiary alicyclic amines) is 1. The summed E-state index contributed by atoms with van der Waals surface area (Å²) in [6, 6.07) is 10.4. The Labute approximate surface area is 144 Å². The summed E-state index contributed by atoms with van der Waals surface area (Å²) in [5.74, 6) is 0.227. The highest BCUT2D eigenvalue weighted by Crippen LogP contribution is 2.28. The maximum absolute atomic E-state index is 13.2. The molecule has 24 heavy (non-hydrogen) atoms. The maximum Gasteiger partial charge on any atom is 0.228 e. The van der Waals surface area contributed by atoms with Gasteiger partial charge in [-0.2, -0.15) is 0 Å². The largest absolute Gasteiger partial charge is 0.342 e. The lowest BCUT2D eigenvalue weighted by Crippen LogP contribution is -2.53. The average molecular weight is 329 g/mol. The lowest BCUT2D eigenvalue weighted by atomic mass is 9.94. The molecule has 2 saturated heterocycles. The quantitative estimate of drug-likeness (QED) is 0.830. The molecule has 2 heterocycles. The van der Waals surface area contributed by atoms with Crippen molar-refractivity contribution in [1.29, 1.82) is 0 Å². The van der Waals surface area contributed by atoms with Gasteiger partial charge >= 0.3 is 0 Å². The van der Waals surface area contributed by atoms with E-state index in [9.17, 15) is 9.59 Å². The van der Waals surface area contributed by atoms with Gasteiger partial charge in [0.25, 0.3) is 0 Å². The Balaban J connectivity index is 1.77. The van der Waals surface area contributed by atoms with Gasteiger partial charge in [-0.15, -0.1) is 0 Å². The molecule has 0 aromatic heterocycles. The number of carbonyl (C=O) groups excluding carboxylic acids is 2. The van der Waals surface area contributed by atoms with Crippen molar-refractivity contribution in [2.24, 2.45) is 5.92 Å². The summed E-state index contributed by atoms with van der Waals surface area (Å²) in [7, 11) is 2.11. The molecule has 2 aliphatic heterocycles. The van der Waals surface area contributed by atoms with Gasteiger partial charge in [0.05, 0.1) is 12.0 Å². The zero-order valence-corrected chi connectivity index (χ0v) is 14.6. The molecule has 3 rings (SSSR count). The molecule has 0 spiro atoms. The first-order valence-electron chi connectivity index (χ1n) is 8.85. The lowest BCUT2D eigenvalue weighted by molar-refractivity contribution is -0.144. The van der Waals surface area contributed by atoms with Gasteiger partial charge in [-0.25, -0.2) is 0 Å². The second kappa shape index (κ2) is 7.34. The van der Waals surface area contributed by atoms with Gasteiger partial charge in [-0.3, -0.25) is 9.59 Å². The molecule has 2 fully saturated rings. The van der Waals surface area contributed by atoms with Gasteiger partial charge in [0.2, 0.25) is 11.8 Å². The highest BCUT2D eigenvalue weighted by atomic mass is 16.2. The molecular weight excluding hydrogens is 302 g/mol. The summed E-state index contributed by atoms with van der Waals surface area (Å²) in [5, 5.41) is 0. The van der Waals surface area contributed by atoms with Gasteiger partial charge in [0, 0.05) is 39.6 Å². The molecule has 2 unspecified atom stereocenters. The summed E-state index contributed by atoms with van der Waals surface area (Å²) in [4.78, 5) is 31.0. The van der Waals surface area contributed by atoms with Crippen LogP contribution in [-0.2, 0) is 9.59 Å². The van der Waals surface area contributed by atoms with Crippen molar-refractivity contribution in [1.82, 2.24) is 14.7 Å². The van der Waals surface area contributed by atoms with Gasteiger partial charge < -0.3 is 14.7 Å². The highest BCUT2D eigenvalue weighted by Gasteiger charge is 2.36. The van der Waals surface area contributed by atoms with Crippen LogP contribution in [0.2, 0.25) is 0 Å². The molecule has 0 N–H and O–H groups in total. The summed E-state index contributed by atoms with van der Waals surface area (Å²) < 4.78 is 0. The van der Waals surface area contributed by atoms with E-state index in [4.69, 9.17) is 0 Å². The molecule has 0 aliphatic carbocycles. The first-order valence-corrected chi connectivity index (χ1v) is 8.85. The fourth-order valence-electron chi connectivity index (χ4n) is 3.84. The highest BCUT2D eigenvalue weighted by molar-refractivity contribution is 5.81. The average Bonchev–Trinajstić information content (AvgIpc) is 2.62. The molecule has 0 radical (unpaired) electrons. The molecule has 2 aliphatic rings. The van der Waals surface area contributed by atoms with E-state index >= 15 is 0 Å². The fourth-order valence-corrected chi connectivity index (χ4v) is 3.84. The number of carbonyl (C=O) groups is 2. The number of hydrogen-bond acceptors (Lipinski definition) is 3. The number of piperazine rings is 1. The topological polar surface area (TPSA) is 43.9 Å². The molecule has 0 saturated carbocycles. The van der Waals surface area contributed by atoms with Crippen molar-refractivity contribution in [2.75, 3.05) is 39.8 Å². The Morgan fingerprint density at radius 2 is 1.79 bits per heavy atom. The molecule has 5 nitrogen and oxygen atoms in total. The van der Waals surface area contributed by atoms with Gasteiger partial charge in [-0.1, -0.05) is 30.3 Å². The van der Waals surface area contributed by atoms with Crippen molar-refractivity contribution < 1.29 is 9.59 Å². The van der Waals surface area contributed by atoms with Crippen molar-refractivity contribution in [3.63, 3.8) is 0 Å². The van der Waals surface area contributed by atoms with Crippen LogP contribution in [0.1, 0.15) is 31.4 Å². The smallest absolute Gasteiger partial charge is 0.228 e. The minimum absolute atomic E-state index is 0.0581. The van der Waals surface area contributed by atoms with Gasteiger partial charge in [0.15, 0.2) is 0 Å². The van der Waals surface area contributed by atoms with Crippen LogP contribution in [0.3, 0.4) is 0 Å². The Kier molecular flexibility index (Phi) is 5.19. The van der Waals surface area contributed by atoms with Crippen LogP contribution in [0.25, 0.3) is 0 Å². The lowest BCUT2D eigenvalue weighted by Gasteiger charge is -2.43. The molecular formula is C19H27N3O2. The molecule has 0 bridgehead atoms. The number of amides is 2. The van der Waals surface area contributed by atoms with E-state index in [1.54, 1.807) is 6.92 Å². The van der Waals surface area contributed by atoms with Gasteiger partial charge in [0.1, 0.15) is 0 Å². The molecule has 130 valence electrons. The minimum Gasteiger partial charge on any atom is -0.342 e. The number of likely N-dealkylation sites (N-methyl/N-ethyl adjacent to an activating group) is 1. The number of piperidine rings is 1. The summed E-state index contributed by atoms with van der Waals surface area (Å²) >= 11 is 0. The van der Waals surface area contributed by atoms with E-state index in [-0.39, 0.29) is 23.8 Å². The zero-order chi connectivity index (χ0) is 17.1. The van der Waals surface area contributed by atoms with Crippen LogP contribution in [0, 0.1) is 5.92 Å². The molecule has 5 heteroatoms. The molecule has 2 amide bonds. The summed E-state index contributed by atoms with van der Waals surface area (Å²) in [5.41, 5.74) is 1.19. The third kappa shape index (κ3) is 3.61. The van der Waals surface area contributed by atoms with Crippen LogP contribution in [0.15, 0.2) is 30.3 Å². The first-order chi connectivity index (χ1) is 11.6. The Morgan fingerprint density at radius 3 is 2.50 bits per heavy atom. The number of rotatable bonds is 2. The number of hydrogen-bond donors (Lipinski definition) is 0. The van der Waals surface area contributed by atoms with Crippen molar-refractivity contribution in [2.45, 2.75) is 25.8 Å². The zero-order valence-electron chi connectivity index (χ0n) is 14.6. The van der Waals surface area contributed by atoms with E-state index in [2.05, 4.69) is 24.1 Å². The number of benzene rings is 1. The van der Waals surface area contributed by atoms with Crippen molar-refractivity contribution >= 4 is 11.8 Å². The standard InChI is InChI=1S/C19H27N3O2/c1-15(23)21-10-6-9-17(13-21)19(24)22-12-11-20(2)14-18(22)16-7-4-3-5-8-16/h3-5,7-8,17-18H,6,9-14H2,1-2H3. The van der Waals surface area contributed by atoms with Crippen LogP contribution in [-0.4, -0.2) is 66.3 Å². The van der Waals surface area contributed by atoms with Crippen LogP contribution in [0.5, 0.6) is 0 Å². The third-order valence-corrected chi connectivity index (χ3v) is 5.27. The van der Waals surface area contributed by atoms with Gasteiger partial charge in [-0.05, 0) is 25.5 Å². The molecule has 2 atom stereocenters. The number of nitrogens with zero attached hydrogens (tertiary/aromatic N) is 3. The predicted molar refractivity (Wildman–Crippen MR) is 93.4 cm³/mol. The monoisotopic (exact) mass is 329 g/mol. The van der Waals surface area contributed by atoms with E-state index in [0.29, 0.717) is 6.54 Å². The second-order valence-corrected chi connectivity index (χ2v) is 7.02. The van der Waals surface area contributed by atoms with Crippen molar-refractivity contribution in [3.8, 4) is 0 Å². The van der Waals surface area contributed by atoms with E-state index in [0.717, 1.165) is 39.0 Å². The Hall–Kier alpha value is -1.88. The molecule has 1 aromatic carbocycles. The Morgan fingerprint density at radius 1 is 1.04 bits per heavy atom. The van der Waals surface area contributed by atoms with E-state index in [1.165, 1.54) is 5.56 Å². The van der Waals surface area contributed by atoms with Crippen LogP contribution >= 0.6 is 0 Å². The Bertz CT molecular complexity index is 590. The predicted octanol–water partition coefficient (Wildman–Crippen LogP) is 1.76. The SMILES string of the molecule is CC(=O)N1CCCC(C(=O)N2CCN(C)CC2c2ccccc2)C1. The van der Waals surface area contributed by atoms with E-state index < -0.39 is 0 Å². The van der Waals surface area contributed by atoms with E-state index in [1.807, 2.05) is 28.0 Å². The maximum atomic E-state index is 13.2. The van der Waals surface area contributed by atoms with Crippen LogP contribution < -0.4 is 0 Å². The normalized spacial score (nSPS) is 25.6. The second-order valence-electron chi connectivity index (χ2n) is 7.02. The first kappa shape index (κ1) is 17.0. The fraction of sp³-hybridized carbons (Fsp3) is 0.579. The van der Waals surface area contributed by atoms with Crippen molar-refractivity contribution in [3.05, 3.63) is 35.9 Å². The third-order valence-electron chi connectivity index (χ3n) is 5.27. The minimum atomic E-state index is -0.0581.